The average Bonchev–Trinajstić information content (AvgIpc) is 3.01. The van der Waals surface area contributed by atoms with E-state index in [0.717, 1.165) is 55.9 Å². The lowest BCUT2D eigenvalue weighted by Crippen LogP contribution is -2.38. The highest BCUT2D eigenvalue weighted by atomic mass is 32.1. The van der Waals surface area contributed by atoms with Gasteiger partial charge in [0.2, 0.25) is 11.8 Å². The first-order valence-corrected chi connectivity index (χ1v) is 9.68. The molecule has 2 aliphatic rings. The fourth-order valence-corrected chi connectivity index (χ4v) is 4.24. The van der Waals surface area contributed by atoms with Crippen LogP contribution < -0.4 is 5.32 Å². The molecule has 1 aromatic heterocycles. The number of nitrogens with one attached hydrogen (secondary N) is 1. The summed E-state index contributed by atoms with van der Waals surface area (Å²) in [5.41, 5.74) is 1.04. The van der Waals surface area contributed by atoms with Crippen LogP contribution in [0.3, 0.4) is 0 Å². The Morgan fingerprint density at radius 1 is 1.38 bits per heavy atom. The molecule has 1 aliphatic carbocycles. The van der Waals surface area contributed by atoms with E-state index in [9.17, 15) is 9.59 Å². The zero-order valence-electron chi connectivity index (χ0n) is 14.0. The largest absolute Gasteiger partial charge is 0.355 e. The van der Waals surface area contributed by atoms with Crippen molar-refractivity contribution in [2.45, 2.75) is 44.4 Å². The normalized spacial score (nSPS) is 21.2. The summed E-state index contributed by atoms with van der Waals surface area (Å²) in [6, 6.07) is 0. The van der Waals surface area contributed by atoms with E-state index in [1.807, 2.05) is 4.90 Å². The Hall–Kier alpha value is -1.69. The van der Waals surface area contributed by atoms with Gasteiger partial charge in [-0.3, -0.25) is 9.59 Å². The Morgan fingerprint density at radius 2 is 2.21 bits per heavy atom. The highest BCUT2D eigenvalue weighted by molar-refractivity contribution is 7.09. The number of carbonyl (C=O) groups is 2. The van der Waals surface area contributed by atoms with E-state index >= 15 is 0 Å². The first kappa shape index (κ1) is 17.1. The van der Waals surface area contributed by atoms with Crippen LogP contribution in [0.1, 0.15) is 48.7 Å². The third kappa shape index (κ3) is 4.04. The number of hydrogen-bond donors (Lipinski definition) is 1. The molecule has 0 aromatic carbocycles. The SMILES string of the molecule is C=CC(=O)N1CCCC(c2nc(CCNC(=O)C3CCC3)cs2)C1. The molecule has 1 saturated heterocycles. The molecule has 6 heteroatoms. The van der Waals surface area contributed by atoms with Crippen LogP contribution in [0.2, 0.25) is 0 Å². The van der Waals surface area contributed by atoms with Crippen LogP contribution in [0.25, 0.3) is 0 Å². The second kappa shape index (κ2) is 7.92. The number of hydrogen-bond acceptors (Lipinski definition) is 4. The molecular formula is C18H25N3O2S. The molecule has 1 aromatic rings. The van der Waals surface area contributed by atoms with Crippen LogP contribution in [-0.4, -0.2) is 41.3 Å². The zero-order valence-corrected chi connectivity index (χ0v) is 14.8. The Bertz CT molecular complexity index is 609. The minimum Gasteiger partial charge on any atom is -0.355 e. The topological polar surface area (TPSA) is 62.3 Å². The zero-order chi connectivity index (χ0) is 16.9. The van der Waals surface area contributed by atoms with Gasteiger partial charge in [-0.05, 0) is 31.8 Å². The van der Waals surface area contributed by atoms with Gasteiger partial charge in [0.15, 0.2) is 0 Å². The first-order chi connectivity index (χ1) is 11.7. The summed E-state index contributed by atoms with van der Waals surface area (Å²) in [6.07, 6.45) is 7.50. The predicted molar refractivity (Wildman–Crippen MR) is 94.9 cm³/mol. The number of thiazole rings is 1. The van der Waals surface area contributed by atoms with Crippen LogP contribution in [-0.2, 0) is 16.0 Å². The van der Waals surface area contributed by atoms with E-state index in [4.69, 9.17) is 4.98 Å². The second-order valence-electron chi connectivity index (χ2n) is 6.67. The van der Waals surface area contributed by atoms with Gasteiger partial charge in [-0.1, -0.05) is 13.0 Å². The molecule has 0 radical (unpaired) electrons. The monoisotopic (exact) mass is 347 g/mol. The second-order valence-corrected chi connectivity index (χ2v) is 7.56. The van der Waals surface area contributed by atoms with Gasteiger partial charge < -0.3 is 10.2 Å². The molecule has 2 amide bonds. The Kier molecular flexibility index (Phi) is 5.66. The van der Waals surface area contributed by atoms with Crippen molar-refractivity contribution in [2.75, 3.05) is 19.6 Å². The summed E-state index contributed by atoms with van der Waals surface area (Å²) in [5, 5.41) is 6.20. The highest BCUT2D eigenvalue weighted by Gasteiger charge is 2.26. The molecule has 2 fully saturated rings. The van der Waals surface area contributed by atoms with E-state index in [2.05, 4.69) is 17.3 Å². The molecule has 1 saturated carbocycles. The van der Waals surface area contributed by atoms with Crippen molar-refractivity contribution in [2.24, 2.45) is 5.92 Å². The van der Waals surface area contributed by atoms with E-state index in [0.29, 0.717) is 12.5 Å². The number of likely N-dealkylation sites (tertiary alicyclic amines) is 1. The van der Waals surface area contributed by atoms with E-state index in [-0.39, 0.29) is 17.7 Å². The van der Waals surface area contributed by atoms with Gasteiger partial charge >= 0.3 is 0 Å². The Labute approximate surface area is 147 Å². The minimum absolute atomic E-state index is 0.00943. The standard InChI is InChI=1S/C18H25N3O2S/c1-2-16(22)21-10-4-7-14(11-21)18-20-15(12-24-18)8-9-19-17(23)13-5-3-6-13/h2,12-14H,1,3-11H2,(H,19,23). The van der Waals surface area contributed by atoms with Crippen LogP contribution in [0.5, 0.6) is 0 Å². The Balaban J connectivity index is 1.48. The fraction of sp³-hybridized carbons (Fsp3) is 0.611. The molecule has 1 unspecified atom stereocenters. The van der Waals surface area contributed by atoms with Gasteiger partial charge in [-0.15, -0.1) is 11.3 Å². The van der Waals surface area contributed by atoms with Crippen molar-refractivity contribution in [1.29, 1.82) is 0 Å². The summed E-state index contributed by atoms with van der Waals surface area (Å²) in [6.45, 7) is 5.77. The third-order valence-corrected chi connectivity index (χ3v) is 6.04. The van der Waals surface area contributed by atoms with Gasteiger partial charge in [-0.2, -0.15) is 0 Å². The molecule has 1 atom stereocenters. The van der Waals surface area contributed by atoms with Crippen LogP contribution in [0.4, 0.5) is 0 Å². The number of aromatic nitrogens is 1. The van der Waals surface area contributed by atoms with Crippen molar-refractivity contribution in [3.63, 3.8) is 0 Å². The van der Waals surface area contributed by atoms with Crippen LogP contribution in [0.15, 0.2) is 18.0 Å². The van der Waals surface area contributed by atoms with Crippen molar-refractivity contribution in [1.82, 2.24) is 15.2 Å². The molecule has 24 heavy (non-hydrogen) atoms. The molecule has 5 nitrogen and oxygen atoms in total. The molecular weight excluding hydrogens is 322 g/mol. The highest BCUT2D eigenvalue weighted by Crippen LogP contribution is 2.29. The fourth-order valence-electron chi connectivity index (χ4n) is 3.26. The van der Waals surface area contributed by atoms with Gasteiger partial charge in [-0.25, -0.2) is 4.98 Å². The van der Waals surface area contributed by atoms with Crippen LogP contribution in [0, 0.1) is 5.92 Å². The van der Waals surface area contributed by atoms with E-state index < -0.39 is 0 Å². The molecule has 0 spiro atoms. The maximum atomic E-state index is 11.8. The molecule has 130 valence electrons. The number of amides is 2. The molecule has 3 rings (SSSR count). The van der Waals surface area contributed by atoms with E-state index in [1.165, 1.54) is 12.5 Å². The lowest BCUT2D eigenvalue weighted by Gasteiger charge is -2.31. The molecule has 0 bridgehead atoms. The molecule has 2 heterocycles. The Morgan fingerprint density at radius 3 is 2.92 bits per heavy atom. The van der Waals surface area contributed by atoms with Crippen molar-refractivity contribution in [3.8, 4) is 0 Å². The van der Waals surface area contributed by atoms with Crippen LogP contribution >= 0.6 is 11.3 Å². The van der Waals surface area contributed by atoms with Gasteiger partial charge in [0.1, 0.15) is 0 Å². The predicted octanol–water partition coefficient (Wildman–Crippen LogP) is 2.49. The molecule has 1 aliphatic heterocycles. The summed E-state index contributed by atoms with van der Waals surface area (Å²) in [5.74, 6) is 0.773. The number of nitrogens with zero attached hydrogens (tertiary/aromatic N) is 2. The number of piperidine rings is 1. The maximum Gasteiger partial charge on any atom is 0.245 e. The van der Waals surface area contributed by atoms with Crippen molar-refractivity contribution >= 4 is 23.2 Å². The summed E-state index contributed by atoms with van der Waals surface area (Å²) >= 11 is 1.67. The lowest BCUT2D eigenvalue weighted by molar-refractivity contribution is -0.128. The number of rotatable bonds is 6. The average molecular weight is 347 g/mol. The summed E-state index contributed by atoms with van der Waals surface area (Å²) < 4.78 is 0. The summed E-state index contributed by atoms with van der Waals surface area (Å²) in [4.78, 5) is 30.2. The number of carbonyl (C=O) groups excluding carboxylic acids is 2. The third-order valence-electron chi connectivity index (χ3n) is 4.98. The van der Waals surface area contributed by atoms with Crippen molar-refractivity contribution < 1.29 is 9.59 Å². The van der Waals surface area contributed by atoms with Gasteiger partial charge in [0, 0.05) is 43.3 Å². The van der Waals surface area contributed by atoms with Crippen molar-refractivity contribution in [3.05, 3.63) is 28.7 Å². The minimum atomic E-state index is 0.00943. The van der Waals surface area contributed by atoms with Gasteiger partial charge in [0.25, 0.3) is 0 Å². The van der Waals surface area contributed by atoms with E-state index in [1.54, 1.807) is 11.3 Å². The maximum absolute atomic E-state index is 11.8. The lowest BCUT2D eigenvalue weighted by atomic mass is 9.85. The first-order valence-electron chi connectivity index (χ1n) is 8.80. The smallest absolute Gasteiger partial charge is 0.245 e. The van der Waals surface area contributed by atoms with Gasteiger partial charge in [0.05, 0.1) is 10.7 Å². The quantitative estimate of drug-likeness (QED) is 0.804. The summed E-state index contributed by atoms with van der Waals surface area (Å²) in [7, 11) is 0. The molecule has 1 N–H and O–H groups in total.